The predicted molar refractivity (Wildman–Crippen MR) is 39.3 cm³/mol. The quantitative estimate of drug-likeness (QED) is 0.451. The number of hydrogen-bond acceptors (Lipinski definition) is 3. The molecule has 0 unspecified atom stereocenters. The first-order valence-corrected chi connectivity index (χ1v) is 2.91. The van der Waals surface area contributed by atoms with Crippen LogP contribution >= 0.6 is 0 Å². The van der Waals surface area contributed by atoms with E-state index < -0.39 is 0 Å². The van der Waals surface area contributed by atoms with E-state index >= 15 is 0 Å². The van der Waals surface area contributed by atoms with Crippen molar-refractivity contribution >= 4 is 6.40 Å². The van der Waals surface area contributed by atoms with Crippen molar-refractivity contribution in [1.82, 2.24) is 4.98 Å². The fourth-order valence-electron chi connectivity index (χ4n) is 0.530. The molecule has 1 aromatic rings. The molecule has 0 fully saturated rings. The van der Waals surface area contributed by atoms with Crippen molar-refractivity contribution in [3.05, 3.63) is 24.5 Å². The van der Waals surface area contributed by atoms with Crippen LogP contribution in [0.5, 0.6) is 5.75 Å². The first-order chi connectivity index (χ1) is 4.93. The molecule has 0 amide bonds. The molecule has 0 saturated carbocycles. The van der Waals surface area contributed by atoms with Crippen LogP contribution in [0.3, 0.4) is 0 Å². The van der Waals surface area contributed by atoms with E-state index in [9.17, 15) is 0 Å². The molecule has 1 rings (SSSR count). The minimum Gasteiger partial charge on any atom is -0.445 e. The minimum absolute atomic E-state index is 0.702. The molecule has 0 bridgehead atoms. The Labute approximate surface area is 59.4 Å². The molecule has 0 radical (unpaired) electrons. The number of nitrogens with zero attached hydrogens (tertiary/aromatic N) is 2. The average Bonchev–Trinajstić information content (AvgIpc) is 2.03. The van der Waals surface area contributed by atoms with Crippen LogP contribution in [0.2, 0.25) is 0 Å². The molecule has 1 aromatic heterocycles. The number of hydrogen-bond donors (Lipinski definition) is 0. The summed E-state index contributed by atoms with van der Waals surface area (Å²) in [7, 11) is 1.65. The van der Waals surface area contributed by atoms with E-state index in [2.05, 4.69) is 9.98 Å². The van der Waals surface area contributed by atoms with Crippen molar-refractivity contribution in [2.45, 2.75) is 0 Å². The summed E-state index contributed by atoms with van der Waals surface area (Å²) >= 11 is 0. The third-order valence-corrected chi connectivity index (χ3v) is 0.929. The summed E-state index contributed by atoms with van der Waals surface area (Å²) in [6.07, 6.45) is 4.69. The zero-order valence-corrected chi connectivity index (χ0v) is 5.69. The molecule has 1 heterocycles. The average molecular weight is 136 g/mol. The molecular formula is C7H8N2O. The van der Waals surface area contributed by atoms with Gasteiger partial charge in [-0.2, -0.15) is 0 Å². The van der Waals surface area contributed by atoms with E-state index in [0.717, 1.165) is 0 Å². The highest BCUT2D eigenvalue weighted by molar-refractivity contribution is 5.50. The van der Waals surface area contributed by atoms with Gasteiger partial charge in [-0.25, -0.2) is 0 Å². The molecule has 52 valence electrons. The Bertz CT molecular complexity index is 208. The normalized spacial score (nSPS) is 10.1. The van der Waals surface area contributed by atoms with Crippen LogP contribution in [0.4, 0.5) is 0 Å². The second kappa shape index (κ2) is 3.61. The van der Waals surface area contributed by atoms with Crippen molar-refractivity contribution in [3.63, 3.8) is 0 Å². The molecule has 10 heavy (non-hydrogen) atoms. The zero-order chi connectivity index (χ0) is 7.23. The number of pyridine rings is 1. The van der Waals surface area contributed by atoms with E-state index in [4.69, 9.17) is 4.74 Å². The topological polar surface area (TPSA) is 34.5 Å². The summed E-state index contributed by atoms with van der Waals surface area (Å²) in [6.45, 7) is 0. The summed E-state index contributed by atoms with van der Waals surface area (Å²) < 4.78 is 5.00. The van der Waals surface area contributed by atoms with Crippen LogP contribution in [0.25, 0.3) is 0 Å². The van der Waals surface area contributed by atoms with Crippen molar-refractivity contribution in [2.75, 3.05) is 7.05 Å². The summed E-state index contributed by atoms with van der Waals surface area (Å²) in [6, 6.07) is 3.62. The summed E-state index contributed by atoms with van der Waals surface area (Å²) in [4.78, 5) is 7.51. The molecule has 0 saturated heterocycles. The Morgan fingerprint density at radius 1 is 1.70 bits per heavy atom. The first kappa shape index (κ1) is 6.74. The second-order valence-corrected chi connectivity index (χ2v) is 1.67. The Morgan fingerprint density at radius 2 is 2.60 bits per heavy atom. The third kappa shape index (κ3) is 1.85. The summed E-state index contributed by atoms with van der Waals surface area (Å²) in [5.74, 6) is 0.702. The van der Waals surface area contributed by atoms with Crippen LogP contribution in [0.1, 0.15) is 0 Å². The van der Waals surface area contributed by atoms with Gasteiger partial charge < -0.3 is 4.74 Å². The Hall–Kier alpha value is -1.38. The fourth-order valence-corrected chi connectivity index (χ4v) is 0.530. The molecule has 0 aliphatic carbocycles. The Kier molecular flexibility index (Phi) is 2.43. The van der Waals surface area contributed by atoms with E-state index in [0.29, 0.717) is 5.75 Å². The molecule has 0 spiro atoms. The standard InChI is InChI=1S/C7H8N2O/c1-8-6-10-7-3-2-4-9-5-7/h2-6H,1H3/b8-6+. The molecule has 0 atom stereocenters. The van der Waals surface area contributed by atoms with Gasteiger partial charge in [0.05, 0.1) is 6.20 Å². The van der Waals surface area contributed by atoms with Gasteiger partial charge >= 0.3 is 0 Å². The van der Waals surface area contributed by atoms with E-state index in [1.165, 1.54) is 6.40 Å². The van der Waals surface area contributed by atoms with Crippen LogP contribution in [-0.4, -0.2) is 18.4 Å². The maximum Gasteiger partial charge on any atom is 0.176 e. The second-order valence-electron chi connectivity index (χ2n) is 1.67. The summed E-state index contributed by atoms with van der Waals surface area (Å²) in [5, 5.41) is 0. The third-order valence-electron chi connectivity index (χ3n) is 0.929. The highest BCUT2D eigenvalue weighted by Crippen LogP contribution is 2.03. The lowest BCUT2D eigenvalue weighted by Gasteiger charge is -1.94. The van der Waals surface area contributed by atoms with Gasteiger partial charge in [0.2, 0.25) is 0 Å². The lowest BCUT2D eigenvalue weighted by molar-refractivity contribution is 0.570. The predicted octanol–water partition coefficient (Wildman–Crippen LogP) is 1.12. The molecule has 0 aliphatic heterocycles. The van der Waals surface area contributed by atoms with Crippen molar-refractivity contribution in [2.24, 2.45) is 4.99 Å². The first-order valence-electron chi connectivity index (χ1n) is 2.91. The maximum atomic E-state index is 5.00. The zero-order valence-electron chi connectivity index (χ0n) is 5.69. The smallest absolute Gasteiger partial charge is 0.176 e. The van der Waals surface area contributed by atoms with Gasteiger partial charge in [-0.05, 0) is 12.1 Å². The van der Waals surface area contributed by atoms with Gasteiger partial charge in [0.25, 0.3) is 0 Å². The molecule has 3 nitrogen and oxygen atoms in total. The summed E-state index contributed by atoms with van der Waals surface area (Å²) in [5.41, 5.74) is 0. The van der Waals surface area contributed by atoms with Gasteiger partial charge in [-0.15, -0.1) is 0 Å². The van der Waals surface area contributed by atoms with Crippen LogP contribution in [0.15, 0.2) is 29.5 Å². The lowest BCUT2D eigenvalue weighted by Crippen LogP contribution is -1.88. The molecular weight excluding hydrogens is 128 g/mol. The largest absolute Gasteiger partial charge is 0.445 e. The van der Waals surface area contributed by atoms with Crippen LogP contribution in [0, 0.1) is 0 Å². The molecule has 0 N–H and O–H groups in total. The van der Waals surface area contributed by atoms with Gasteiger partial charge in [0.15, 0.2) is 6.40 Å². The van der Waals surface area contributed by atoms with E-state index in [-0.39, 0.29) is 0 Å². The lowest BCUT2D eigenvalue weighted by atomic mass is 10.5. The minimum atomic E-state index is 0.702. The Balaban J connectivity index is 2.59. The van der Waals surface area contributed by atoms with E-state index in [1.54, 1.807) is 25.5 Å². The van der Waals surface area contributed by atoms with Crippen LogP contribution < -0.4 is 4.74 Å². The monoisotopic (exact) mass is 136 g/mol. The molecule has 3 heteroatoms. The number of aromatic nitrogens is 1. The van der Waals surface area contributed by atoms with Gasteiger partial charge in [0, 0.05) is 13.2 Å². The number of rotatable bonds is 2. The number of aliphatic imine (C=N–C) groups is 1. The SMILES string of the molecule is C/N=C/Oc1cccnc1. The van der Waals surface area contributed by atoms with Crippen LogP contribution in [-0.2, 0) is 0 Å². The van der Waals surface area contributed by atoms with Crippen molar-refractivity contribution < 1.29 is 4.74 Å². The van der Waals surface area contributed by atoms with Gasteiger partial charge in [0.1, 0.15) is 5.75 Å². The highest BCUT2D eigenvalue weighted by atomic mass is 16.5. The van der Waals surface area contributed by atoms with Crippen molar-refractivity contribution in [3.8, 4) is 5.75 Å². The fraction of sp³-hybridized carbons (Fsp3) is 0.143. The molecule has 0 aromatic carbocycles. The Morgan fingerprint density at radius 3 is 3.20 bits per heavy atom. The highest BCUT2D eigenvalue weighted by Gasteiger charge is 1.84. The maximum absolute atomic E-state index is 5.00. The van der Waals surface area contributed by atoms with E-state index in [1.807, 2.05) is 6.07 Å². The van der Waals surface area contributed by atoms with Crippen molar-refractivity contribution in [1.29, 1.82) is 0 Å². The van der Waals surface area contributed by atoms with Gasteiger partial charge in [-0.3, -0.25) is 9.98 Å². The number of ether oxygens (including phenoxy) is 1. The molecule has 0 aliphatic rings. The van der Waals surface area contributed by atoms with Gasteiger partial charge in [-0.1, -0.05) is 0 Å².